The van der Waals surface area contributed by atoms with E-state index >= 15 is 0 Å². The molecule has 0 spiro atoms. The Kier molecular flexibility index (Phi) is 5.47. The van der Waals surface area contributed by atoms with Crippen LogP contribution in [0.5, 0.6) is 0 Å². The Bertz CT molecular complexity index is 790. The van der Waals surface area contributed by atoms with E-state index < -0.39 is 0 Å². The van der Waals surface area contributed by atoms with Crippen molar-refractivity contribution in [1.82, 2.24) is 19.8 Å². The van der Waals surface area contributed by atoms with Crippen LogP contribution >= 0.6 is 15.9 Å². The highest BCUT2D eigenvalue weighted by Gasteiger charge is 2.21. The van der Waals surface area contributed by atoms with Crippen LogP contribution in [0.25, 0.3) is 10.9 Å². The van der Waals surface area contributed by atoms with Crippen LogP contribution in [-0.2, 0) is 9.59 Å². The zero-order valence-electron chi connectivity index (χ0n) is 14.0. The fraction of sp³-hybridized carbons (Fsp3) is 0.412. The summed E-state index contributed by atoms with van der Waals surface area (Å²) in [5.74, 6) is 0.881. The topological polar surface area (TPSA) is 78.4 Å². The number of aromatic nitrogens is 2. The van der Waals surface area contributed by atoms with Crippen molar-refractivity contribution >= 4 is 44.5 Å². The van der Waals surface area contributed by atoms with E-state index in [-0.39, 0.29) is 11.8 Å². The Morgan fingerprint density at radius 1 is 1.16 bits per heavy atom. The van der Waals surface area contributed by atoms with Crippen molar-refractivity contribution in [3.63, 3.8) is 0 Å². The third-order valence-corrected chi connectivity index (χ3v) is 4.80. The van der Waals surface area contributed by atoms with Gasteiger partial charge in [-0.1, -0.05) is 15.9 Å². The predicted molar refractivity (Wildman–Crippen MR) is 99.2 cm³/mol. The van der Waals surface area contributed by atoms with E-state index in [1.54, 1.807) is 11.8 Å². The van der Waals surface area contributed by atoms with Gasteiger partial charge in [-0.3, -0.25) is 9.59 Å². The first-order valence-corrected chi connectivity index (χ1v) is 9.01. The first-order chi connectivity index (χ1) is 12.0. The van der Waals surface area contributed by atoms with Gasteiger partial charge in [-0.05, 0) is 18.2 Å². The summed E-state index contributed by atoms with van der Waals surface area (Å²) in [4.78, 5) is 35.8. The molecule has 1 N–H and O–H groups in total. The number of halogens is 1. The maximum atomic E-state index is 12.3. The second-order valence-electron chi connectivity index (χ2n) is 5.95. The Labute approximate surface area is 154 Å². The number of hydrogen-bond acceptors (Lipinski definition) is 5. The summed E-state index contributed by atoms with van der Waals surface area (Å²) in [7, 11) is 0. The lowest BCUT2D eigenvalue weighted by molar-refractivity contribution is -0.138. The van der Waals surface area contributed by atoms with Crippen molar-refractivity contribution in [2.45, 2.75) is 13.3 Å². The molecule has 7 nitrogen and oxygen atoms in total. The summed E-state index contributed by atoms with van der Waals surface area (Å²) >= 11 is 3.45. The third-order valence-electron chi connectivity index (χ3n) is 4.31. The molecule has 1 aliphatic heterocycles. The van der Waals surface area contributed by atoms with Gasteiger partial charge in [-0.15, -0.1) is 0 Å². The van der Waals surface area contributed by atoms with Gasteiger partial charge in [-0.2, -0.15) is 0 Å². The number of anilines is 1. The highest BCUT2D eigenvalue weighted by molar-refractivity contribution is 9.10. The second-order valence-corrected chi connectivity index (χ2v) is 6.86. The van der Waals surface area contributed by atoms with Gasteiger partial charge in [0.1, 0.15) is 12.1 Å². The average molecular weight is 406 g/mol. The fourth-order valence-electron chi connectivity index (χ4n) is 2.89. The maximum Gasteiger partial charge on any atom is 0.224 e. The van der Waals surface area contributed by atoms with Gasteiger partial charge >= 0.3 is 0 Å². The molecule has 8 heteroatoms. The number of piperazine rings is 1. The molecule has 3 rings (SSSR count). The Morgan fingerprint density at radius 3 is 2.60 bits per heavy atom. The van der Waals surface area contributed by atoms with Crippen LogP contribution in [0.3, 0.4) is 0 Å². The standard InChI is InChI=1S/C17H20BrN5O2/c1-12(24)22-6-8-23(9-7-22)16(25)4-5-19-17-14-10-13(18)2-3-15(14)20-11-21-17/h2-3,10-11H,4-9H2,1H3,(H,19,20,21). The molecule has 0 bridgehead atoms. The Hall–Kier alpha value is -2.22. The van der Waals surface area contributed by atoms with Crippen LogP contribution in [-0.4, -0.2) is 64.3 Å². The van der Waals surface area contributed by atoms with E-state index in [0.717, 1.165) is 21.2 Å². The van der Waals surface area contributed by atoms with Gasteiger partial charge in [0.05, 0.1) is 5.52 Å². The molecule has 25 heavy (non-hydrogen) atoms. The van der Waals surface area contributed by atoms with Crippen LogP contribution in [0, 0.1) is 0 Å². The number of rotatable bonds is 4. The quantitative estimate of drug-likeness (QED) is 0.839. The molecule has 1 aromatic heterocycles. The normalized spacial score (nSPS) is 14.6. The minimum Gasteiger partial charge on any atom is -0.369 e. The average Bonchev–Trinajstić information content (AvgIpc) is 2.62. The van der Waals surface area contributed by atoms with Crippen molar-refractivity contribution in [3.8, 4) is 0 Å². The van der Waals surface area contributed by atoms with E-state index in [1.165, 1.54) is 6.33 Å². The van der Waals surface area contributed by atoms with E-state index in [9.17, 15) is 9.59 Å². The van der Waals surface area contributed by atoms with Crippen molar-refractivity contribution in [3.05, 3.63) is 29.0 Å². The summed E-state index contributed by atoms with van der Waals surface area (Å²) in [6.45, 7) is 4.48. The molecular formula is C17H20BrN5O2. The van der Waals surface area contributed by atoms with Gasteiger partial charge in [0, 0.05) is 55.9 Å². The number of benzene rings is 1. The number of carbonyl (C=O) groups is 2. The highest BCUT2D eigenvalue weighted by Crippen LogP contribution is 2.23. The molecule has 2 aromatic rings. The highest BCUT2D eigenvalue weighted by atomic mass is 79.9. The number of nitrogens with one attached hydrogen (secondary N) is 1. The molecule has 0 saturated carbocycles. The van der Waals surface area contributed by atoms with Crippen molar-refractivity contribution in [2.75, 3.05) is 38.0 Å². The molecule has 1 aromatic carbocycles. The zero-order chi connectivity index (χ0) is 17.8. The van der Waals surface area contributed by atoms with E-state index in [1.807, 2.05) is 23.1 Å². The van der Waals surface area contributed by atoms with Gasteiger partial charge in [0.25, 0.3) is 0 Å². The summed E-state index contributed by atoms with van der Waals surface area (Å²) in [5.41, 5.74) is 0.854. The summed E-state index contributed by atoms with van der Waals surface area (Å²) < 4.78 is 0.956. The van der Waals surface area contributed by atoms with Crippen LogP contribution in [0.1, 0.15) is 13.3 Å². The SMILES string of the molecule is CC(=O)N1CCN(C(=O)CCNc2ncnc3ccc(Br)cc23)CC1. The molecule has 2 heterocycles. The molecule has 2 amide bonds. The number of hydrogen-bond donors (Lipinski definition) is 1. The number of amides is 2. The van der Waals surface area contributed by atoms with Crippen LogP contribution in [0.15, 0.2) is 29.0 Å². The van der Waals surface area contributed by atoms with Crippen LogP contribution in [0.4, 0.5) is 5.82 Å². The number of nitrogens with zero attached hydrogens (tertiary/aromatic N) is 4. The molecule has 132 valence electrons. The van der Waals surface area contributed by atoms with Crippen molar-refractivity contribution < 1.29 is 9.59 Å². The molecule has 0 unspecified atom stereocenters. The third kappa shape index (κ3) is 4.25. The van der Waals surface area contributed by atoms with Gasteiger partial charge < -0.3 is 15.1 Å². The van der Waals surface area contributed by atoms with Crippen molar-refractivity contribution in [1.29, 1.82) is 0 Å². The van der Waals surface area contributed by atoms with E-state index in [4.69, 9.17) is 0 Å². The summed E-state index contributed by atoms with van der Waals surface area (Å²) in [5, 5.41) is 4.14. The smallest absolute Gasteiger partial charge is 0.224 e. The molecule has 1 saturated heterocycles. The van der Waals surface area contributed by atoms with Crippen molar-refractivity contribution in [2.24, 2.45) is 0 Å². The second kappa shape index (κ2) is 7.77. The molecule has 1 aliphatic rings. The predicted octanol–water partition coefficient (Wildman–Crippen LogP) is 1.88. The summed E-state index contributed by atoms with van der Waals surface area (Å²) in [6.07, 6.45) is 1.90. The largest absolute Gasteiger partial charge is 0.369 e. The minimum absolute atomic E-state index is 0.0653. The molecule has 0 atom stereocenters. The van der Waals surface area contributed by atoms with Gasteiger partial charge in [-0.25, -0.2) is 9.97 Å². The first-order valence-electron chi connectivity index (χ1n) is 8.22. The first kappa shape index (κ1) is 17.6. The van der Waals surface area contributed by atoms with Crippen LogP contribution in [0.2, 0.25) is 0 Å². The lowest BCUT2D eigenvalue weighted by Gasteiger charge is -2.34. The Balaban J connectivity index is 1.54. The minimum atomic E-state index is 0.0653. The van der Waals surface area contributed by atoms with Gasteiger partial charge in [0.2, 0.25) is 11.8 Å². The molecular weight excluding hydrogens is 386 g/mol. The molecule has 1 fully saturated rings. The lowest BCUT2D eigenvalue weighted by Crippen LogP contribution is -2.50. The maximum absolute atomic E-state index is 12.3. The van der Waals surface area contributed by atoms with E-state index in [0.29, 0.717) is 39.1 Å². The van der Waals surface area contributed by atoms with Crippen LogP contribution < -0.4 is 5.32 Å². The lowest BCUT2D eigenvalue weighted by atomic mass is 10.2. The molecule has 0 radical (unpaired) electrons. The fourth-order valence-corrected chi connectivity index (χ4v) is 3.25. The summed E-state index contributed by atoms with van der Waals surface area (Å²) in [6, 6.07) is 5.82. The number of carbonyl (C=O) groups excluding carboxylic acids is 2. The van der Waals surface area contributed by atoms with Gasteiger partial charge in [0.15, 0.2) is 0 Å². The zero-order valence-corrected chi connectivity index (χ0v) is 15.6. The Morgan fingerprint density at radius 2 is 1.88 bits per heavy atom. The monoisotopic (exact) mass is 405 g/mol. The number of fused-ring (bicyclic) bond motifs is 1. The molecule has 0 aliphatic carbocycles. The van der Waals surface area contributed by atoms with E-state index in [2.05, 4.69) is 31.2 Å².